The van der Waals surface area contributed by atoms with Crippen molar-refractivity contribution in [1.82, 2.24) is 9.97 Å². The zero-order valence-electron chi connectivity index (χ0n) is 12.0. The Kier molecular flexibility index (Phi) is 4.77. The molecular weight excluding hydrogens is 322 g/mol. The number of halogens is 1. The molecule has 0 spiro atoms. The van der Waals surface area contributed by atoms with E-state index >= 15 is 0 Å². The third-order valence-corrected chi connectivity index (χ3v) is 4.94. The van der Waals surface area contributed by atoms with E-state index in [2.05, 4.69) is 58.2 Å². The number of anilines is 1. The summed E-state index contributed by atoms with van der Waals surface area (Å²) >= 11 is 5.46. The van der Waals surface area contributed by atoms with Gasteiger partial charge in [0.15, 0.2) is 0 Å². The summed E-state index contributed by atoms with van der Waals surface area (Å²) in [4.78, 5) is 9.13. The molecule has 1 aromatic heterocycles. The molecule has 2 atom stereocenters. The predicted octanol–water partition coefficient (Wildman–Crippen LogP) is 4.23. The molecule has 0 bridgehead atoms. The van der Waals surface area contributed by atoms with Crippen molar-refractivity contribution >= 4 is 33.5 Å². The summed E-state index contributed by atoms with van der Waals surface area (Å²) in [6, 6.07) is 2.52. The van der Waals surface area contributed by atoms with Gasteiger partial charge in [0.2, 0.25) is 0 Å². The zero-order valence-corrected chi connectivity index (χ0v) is 14.4. The van der Waals surface area contributed by atoms with Crippen LogP contribution >= 0.6 is 27.7 Å². The van der Waals surface area contributed by atoms with E-state index < -0.39 is 0 Å². The van der Waals surface area contributed by atoms with Crippen LogP contribution in [0.1, 0.15) is 45.9 Å². The molecule has 1 N–H and O–H groups in total. The van der Waals surface area contributed by atoms with Crippen molar-refractivity contribution in [2.75, 3.05) is 11.6 Å². The van der Waals surface area contributed by atoms with E-state index in [0.717, 1.165) is 21.5 Å². The van der Waals surface area contributed by atoms with Gasteiger partial charge in [-0.1, -0.05) is 20.8 Å². The summed E-state index contributed by atoms with van der Waals surface area (Å²) < 4.78 is 0.856. The molecule has 19 heavy (non-hydrogen) atoms. The van der Waals surface area contributed by atoms with Crippen LogP contribution in [-0.4, -0.2) is 27.5 Å². The minimum atomic E-state index is -0.0301. The number of hydrogen-bond acceptors (Lipinski definition) is 4. The summed E-state index contributed by atoms with van der Waals surface area (Å²) in [7, 11) is 0. The Hall–Kier alpha value is -0.290. The van der Waals surface area contributed by atoms with E-state index in [1.54, 1.807) is 0 Å². The van der Waals surface area contributed by atoms with Crippen molar-refractivity contribution in [2.24, 2.45) is 0 Å². The number of nitrogens with one attached hydrogen (secondary N) is 1. The van der Waals surface area contributed by atoms with Gasteiger partial charge in [-0.15, -0.1) is 0 Å². The van der Waals surface area contributed by atoms with Gasteiger partial charge in [0.05, 0.1) is 0 Å². The van der Waals surface area contributed by atoms with Gasteiger partial charge in [0, 0.05) is 22.8 Å². The Bertz CT molecular complexity index is 445. The van der Waals surface area contributed by atoms with Crippen molar-refractivity contribution in [3.05, 3.63) is 16.5 Å². The van der Waals surface area contributed by atoms with Gasteiger partial charge in [-0.25, -0.2) is 9.97 Å². The van der Waals surface area contributed by atoms with Crippen LogP contribution in [0.4, 0.5) is 5.82 Å². The first-order valence-electron chi connectivity index (χ1n) is 6.73. The number of hydrogen-bond donors (Lipinski definition) is 1. The molecule has 1 aromatic rings. The van der Waals surface area contributed by atoms with Crippen molar-refractivity contribution in [3.8, 4) is 0 Å². The Morgan fingerprint density at radius 2 is 2.05 bits per heavy atom. The lowest BCUT2D eigenvalue weighted by Crippen LogP contribution is -2.21. The largest absolute Gasteiger partial charge is 0.367 e. The smallest absolute Gasteiger partial charge is 0.137 e. The van der Waals surface area contributed by atoms with E-state index in [9.17, 15) is 0 Å². The van der Waals surface area contributed by atoms with Crippen LogP contribution in [-0.2, 0) is 5.41 Å². The molecule has 2 unspecified atom stereocenters. The molecule has 5 heteroatoms. The SMILES string of the molecule is CSC1CCC(Nc2cc(Br)nc(C(C)(C)C)n2)C1. The van der Waals surface area contributed by atoms with Crippen molar-refractivity contribution in [3.63, 3.8) is 0 Å². The fourth-order valence-corrected chi connectivity index (χ4v) is 3.50. The summed E-state index contributed by atoms with van der Waals surface area (Å²) in [5.74, 6) is 1.82. The molecule has 1 heterocycles. The Labute approximate surface area is 128 Å². The second-order valence-electron chi connectivity index (χ2n) is 6.16. The lowest BCUT2D eigenvalue weighted by atomic mass is 9.96. The van der Waals surface area contributed by atoms with E-state index in [1.165, 1.54) is 19.3 Å². The molecular formula is C14H22BrN3S. The molecule has 3 nitrogen and oxygen atoms in total. The van der Waals surface area contributed by atoms with E-state index in [-0.39, 0.29) is 5.41 Å². The molecule has 1 fully saturated rings. The van der Waals surface area contributed by atoms with Crippen LogP contribution in [0.2, 0.25) is 0 Å². The Morgan fingerprint density at radius 1 is 1.32 bits per heavy atom. The van der Waals surface area contributed by atoms with Gasteiger partial charge in [-0.05, 0) is 41.4 Å². The highest BCUT2D eigenvalue weighted by atomic mass is 79.9. The summed E-state index contributed by atoms with van der Waals surface area (Å²) in [6.07, 6.45) is 5.97. The van der Waals surface area contributed by atoms with Gasteiger partial charge in [-0.2, -0.15) is 11.8 Å². The maximum atomic E-state index is 4.66. The number of aromatic nitrogens is 2. The van der Waals surface area contributed by atoms with Crippen LogP contribution < -0.4 is 5.32 Å². The van der Waals surface area contributed by atoms with E-state index in [0.29, 0.717) is 6.04 Å². The van der Waals surface area contributed by atoms with Gasteiger partial charge >= 0.3 is 0 Å². The number of thioether (sulfide) groups is 1. The van der Waals surface area contributed by atoms with Crippen LogP contribution in [0.3, 0.4) is 0 Å². The molecule has 1 aliphatic rings. The average Bonchev–Trinajstić information content (AvgIpc) is 2.75. The van der Waals surface area contributed by atoms with Crippen molar-refractivity contribution < 1.29 is 0 Å². The minimum absolute atomic E-state index is 0.0301. The van der Waals surface area contributed by atoms with Gasteiger partial charge in [-0.3, -0.25) is 0 Å². The van der Waals surface area contributed by atoms with E-state index in [1.807, 2.05) is 17.8 Å². The Balaban J connectivity index is 2.11. The molecule has 0 saturated heterocycles. The first-order chi connectivity index (χ1) is 8.88. The van der Waals surface area contributed by atoms with E-state index in [4.69, 9.17) is 0 Å². The topological polar surface area (TPSA) is 37.8 Å². The molecule has 1 aliphatic carbocycles. The van der Waals surface area contributed by atoms with Crippen molar-refractivity contribution in [1.29, 1.82) is 0 Å². The van der Waals surface area contributed by atoms with Gasteiger partial charge in [0.25, 0.3) is 0 Å². The molecule has 2 rings (SSSR count). The number of rotatable bonds is 3. The quantitative estimate of drug-likeness (QED) is 0.833. The van der Waals surface area contributed by atoms with Crippen LogP contribution in [0.25, 0.3) is 0 Å². The highest BCUT2D eigenvalue weighted by Crippen LogP contribution is 2.30. The third kappa shape index (κ3) is 4.09. The molecule has 106 valence electrons. The summed E-state index contributed by atoms with van der Waals surface area (Å²) in [6.45, 7) is 6.41. The lowest BCUT2D eigenvalue weighted by molar-refractivity contribution is 0.543. The highest BCUT2D eigenvalue weighted by Gasteiger charge is 2.25. The molecule has 0 amide bonds. The maximum absolute atomic E-state index is 4.66. The zero-order chi connectivity index (χ0) is 14.0. The third-order valence-electron chi connectivity index (χ3n) is 3.44. The average molecular weight is 344 g/mol. The minimum Gasteiger partial charge on any atom is -0.367 e. The van der Waals surface area contributed by atoms with Gasteiger partial charge in [0.1, 0.15) is 16.2 Å². The first kappa shape index (κ1) is 15.1. The fraction of sp³-hybridized carbons (Fsp3) is 0.714. The first-order valence-corrected chi connectivity index (χ1v) is 8.81. The second kappa shape index (κ2) is 6.00. The maximum Gasteiger partial charge on any atom is 0.137 e. The molecule has 0 radical (unpaired) electrons. The second-order valence-corrected chi connectivity index (χ2v) is 8.11. The summed E-state index contributed by atoms with van der Waals surface area (Å²) in [5.41, 5.74) is -0.0301. The molecule has 0 aromatic carbocycles. The summed E-state index contributed by atoms with van der Waals surface area (Å²) in [5, 5.41) is 4.36. The Morgan fingerprint density at radius 3 is 2.63 bits per heavy atom. The number of nitrogens with zero attached hydrogens (tertiary/aromatic N) is 2. The monoisotopic (exact) mass is 343 g/mol. The standard InChI is InChI=1S/C14H22BrN3S/c1-14(2,3)13-17-11(15)8-12(18-13)16-9-5-6-10(7-9)19-4/h8-10H,5-7H2,1-4H3,(H,16,17,18). The molecule has 1 saturated carbocycles. The van der Waals surface area contributed by atoms with Crippen molar-refractivity contribution in [2.45, 2.75) is 56.7 Å². The normalized spacial score (nSPS) is 23.6. The predicted molar refractivity (Wildman–Crippen MR) is 87.0 cm³/mol. The van der Waals surface area contributed by atoms with Crippen LogP contribution in [0, 0.1) is 0 Å². The fourth-order valence-electron chi connectivity index (χ4n) is 2.32. The lowest BCUT2D eigenvalue weighted by Gasteiger charge is -2.19. The van der Waals surface area contributed by atoms with Crippen LogP contribution in [0.15, 0.2) is 10.7 Å². The van der Waals surface area contributed by atoms with Crippen LogP contribution in [0.5, 0.6) is 0 Å². The van der Waals surface area contributed by atoms with Gasteiger partial charge < -0.3 is 5.32 Å². The highest BCUT2D eigenvalue weighted by molar-refractivity contribution is 9.10. The molecule has 0 aliphatic heterocycles.